The highest BCUT2D eigenvalue weighted by atomic mass is 32.2. The fraction of sp³-hybridized carbons (Fsp3) is 0.704. The van der Waals surface area contributed by atoms with Crippen molar-refractivity contribution in [2.75, 3.05) is 19.6 Å². The van der Waals surface area contributed by atoms with Crippen molar-refractivity contribution in [2.45, 2.75) is 95.5 Å². The van der Waals surface area contributed by atoms with Gasteiger partial charge in [-0.05, 0) is 87.6 Å². The lowest BCUT2D eigenvalue weighted by Gasteiger charge is -2.38. The number of likely N-dealkylation sites (tertiary alicyclic amines) is 1. The molecule has 0 unspecified atom stereocenters. The molecule has 1 saturated heterocycles. The van der Waals surface area contributed by atoms with Crippen molar-refractivity contribution in [2.24, 2.45) is 5.41 Å². The number of imide groups is 1. The van der Waals surface area contributed by atoms with Crippen LogP contribution in [-0.4, -0.2) is 61.2 Å². The number of carbonyl (C=O) groups excluding carboxylic acids is 2. The molecule has 2 aliphatic carbocycles. The van der Waals surface area contributed by atoms with Crippen LogP contribution < -0.4 is 4.18 Å². The number of halogens is 4. The number of nitrogens with zero attached hydrogens (tertiary/aromatic N) is 2. The molecule has 1 saturated carbocycles. The van der Waals surface area contributed by atoms with Gasteiger partial charge in [0.05, 0.1) is 0 Å². The molecule has 1 spiro atoms. The van der Waals surface area contributed by atoms with E-state index in [1.165, 1.54) is 4.90 Å². The first-order valence-electron chi connectivity index (χ1n) is 13.7. The topological polar surface area (TPSA) is 84.0 Å². The van der Waals surface area contributed by atoms with Crippen molar-refractivity contribution >= 4 is 21.9 Å². The third-order valence-electron chi connectivity index (χ3n) is 8.40. The van der Waals surface area contributed by atoms with Crippen molar-refractivity contribution in [1.29, 1.82) is 0 Å². The molecule has 39 heavy (non-hydrogen) atoms. The molecule has 7 nitrogen and oxygen atoms in total. The van der Waals surface area contributed by atoms with Gasteiger partial charge < -0.3 is 9.08 Å². The molecule has 1 heterocycles. The second-order valence-electron chi connectivity index (χ2n) is 11.1. The molecule has 0 bridgehead atoms. The quantitative estimate of drug-likeness (QED) is 0.127. The van der Waals surface area contributed by atoms with Gasteiger partial charge in [0.25, 0.3) is 0 Å². The summed E-state index contributed by atoms with van der Waals surface area (Å²) in [6.45, 7) is 3.67. The molecular weight excluding hydrogens is 540 g/mol. The first-order chi connectivity index (χ1) is 18.4. The maximum atomic E-state index is 14.5. The maximum Gasteiger partial charge on any atom is 0.534 e. The number of carbonyl (C=O) groups is 2. The van der Waals surface area contributed by atoms with Crippen molar-refractivity contribution in [3.8, 4) is 5.75 Å². The minimum absolute atomic E-state index is 0.0918. The Balaban J connectivity index is 1.37. The van der Waals surface area contributed by atoms with Crippen LogP contribution in [0.2, 0.25) is 0 Å². The number of amides is 2. The molecule has 1 aliphatic heterocycles. The van der Waals surface area contributed by atoms with Gasteiger partial charge >= 0.3 is 15.6 Å². The molecule has 218 valence electrons. The van der Waals surface area contributed by atoms with Crippen LogP contribution in [0.3, 0.4) is 0 Å². The second-order valence-corrected chi connectivity index (χ2v) is 12.7. The SMILES string of the molecule is CCCN(CCCCN1C(=O)CC2(CCCC2)CC1=O)[C@H]1CCc2c(F)ccc(OS(=O)(=O)C(F)(F)F)c2C1. The maximum absolute atomic E-state index is 14.5. The van der Waals surface area contributed by atoms with Gasteiger partial charge in [-0.1, -0.05) is 19.8 Å². The molecule has 0 aromatic heterocycles. The zero-order chi connectivity index (χ0) is 28.4. The molecule has 2 fully saturated rings. The highest BCUT2D eigenvalue weighted by Gasteiger charge is 2.49. The van der Waals surface area contributed by atoms with Gasteiger partial charge in [-0.2, -0.15) is 21.6 Å². The molecule has 3 aliphatic rings. The van der Waals surface area contributed by atoms with Crippen LogP contribution in [0.5, 0.6) is 5.75 Å². The van der Waals surface area contributed by atoms with E-state index in [-0.39, 0.29) is 47.2 Å². The number of unbranched alkanes of at least 4 members (excludes halogenated alkanes) is 1. The fourth-order valence-corrected chi connectivity index (χ4v) is 6.94. The summed E-state index contributed by atoms with van der Waals surface area (Å²) in [5.41, 5.74) is -5.41. The third kappa shape index (κ3) is 6.58. The average Bonchev–Trinajstić information content (AvgIpc) is 3.30. The Morgan fingerprint density at radius 2 is 1.72 bits per heavy atom. The summed E-state index contributed by atoms with van der Waals surface area (Å²) in [6.07, 6.45) is 7.97. The zero-order valence-electron chi connectivity index (χ0n) is 22.2. The smallest absolute Gasteiger partial charge is 0.376 e. The number of benzene rings is 1. The lowest BCUT2D eigenvalue weighted by Crippen LogP contribution is -2.47. The van der Waals surface area contributed by atoms with Crippen LogP contribution in [0.25, 0.3) is 0 Å². The van der Waals surface area contributed by atoms with E-state index in [4.69, 9.17) is 0 Å². The van der Waals surface area contributed by atoms with E-state index in [1.807, 2.05) is 6.92 Å². The fourth-order valence-electron chi connectivity index (χ4n) is 6.45. The van der Waals surface area contributed by atoms with Crippen molar-refractivity contribution in [3.05, 3.63) is 29.1 Å². The normalized spacial score (nSPS) is 21.6. The van der Waals surface area contributed by atoms with E-state index >= 15 is 0 Å². The Labute approximate surface area is 227 Å². The van der Waals surface area contributed by atoms with E-state index < -0.39 is 27.2 Å². The Kier molecular flexibility index (Phi) is 8.95. The van der Waals surface area contributed by atoms with Crippen LogP contribution >= 0.6 is 0 Å². The van der Waals surface area contributed by atoms with Gasteiger partial charge in [-0.3, -0.25) is 14.5 Å². The van der Waals surface area contributed by atoms with E-state index in [2.05, 4.69) is 9.08 Å². The molecule has 12 heteroatoms. The standard InChI is InChI=1S/C27H36F4N2O5S/c1-2-13-32(14-5-6-15-33-24(34)17-26(18-25(33)35)11-3-4-12-26)19-7-8-20-21(16-19)23(10-9-22(20)28)38-39(36,37)27(29,30)31/h9-10,19H,2-8,11-18H2,1H3/t19-/m0/s1. The largest absolute Gasteiger partial charge is 0.534 e. The predicted octanol–water partition coefficient (Wildman–Crippen LogP) is 5.11. The van der Waals surface area contributed by atoms with Gasteiger partial charge in [0.1, 0.15) is 11.6 Å². The van der Waals surface area contributed by atoms with Crippen LogP contribution in [-0.2, 0) is 32.5 Å². The van der Waals surface area contributed by atoms with Gasteiger partial charge in [0.15, 0.2) is 0 Å². The number of rotatable bonds is 10. The lowest BCUT2D eigenvalue weighted by atomic mass is 9.76. The summed E-state index contributed by atoms with van der Waals surface area (Å²) >= 11 is 0. The molecule has 0 N–H and O–H groups in total. The van der Waals surface area contributed by atoms with E-state index in [0.717, 1.165) is 44.2 Å². The van der Waals surface area contributed by atoms with Crippen molar-refractivity contribution < 1.29 is 39.8 Å². The molecule has 1 aromatic rings. The summed E-state index contributed by atoms with van der Waals surface area (Å²) in [7, 11) is -5.89. The number of piperidine rings is 1. The first-order valence-corrected chi connectivity index (χ1v) is 15.1. The summed E-state index contributed by atoms with van der Waals surface area (Å²) in [5.74, 6) is -1.28. The number of fused-ring (bicyclic) bond motifs is 1. The van der Waals surface area contributed by atoms with Gasteiger partial charge in [0, 0.05) is 31.0 Å². The van der Waals surface area contributed by atoms with Crippen LogP contribution in [0, 0.1) is 11.2 Å². The second kappa shape index (κ2) is 11.7. The number of alkyl halides is 3. The summed E-state index contributed by atoms with van der Waals surface area (Å²) in [5, 5.41) is 0. The Morgan fingerprint density at radius 1 is 1.05 bits per heavy atom. The Hall–Kier alpha value is -2.21. The summed E-state index contributed by atoms with van der Waals surface area (Å²) in [6, 6.07) is 1.73. The minimum Gasteiger partial charge on any atom is -0.376 e. The highest BCUT2D eigenvalue weighted by Crippen LogP contribution is 2.47. The third-order valence-corrected chi connectivity index (χ3v) is 9.37. The first kappa shape index (κ1) is 29.8. The van der Waals surface area contributed by atoms with Crippen LogP contribution in [0.1, 0.15) is 82.3 Å². The Bertz CT molecular complexity index is 1160. The van der Waals surface area contributed by atoms with Gasteiger partial charge in [-0.15, -0.1) is 0 Å². The monoisotopic (exact) mass is 576 g/mol. The van der Waals surface area contributed by atoms with Crippen molar-refractivity contribution in [1.82, 2.24) is 9.80 Å². The zero-order valence-corrected chi connectivity index (χ0v) is 23.0. The number of hydrogen-bond donors (Lipinski definition) is 0. The summed E-state index contributed by atoms with van der Waals surface area (Å²) < 4.78 is 80.9. The molecule has 4 rings (SSSR count). The minimum atomic E-state index is -5.89. The van der Waals surface area contributed by atoms with Gasteiger partial charge in [-0.25, -0.2) is 4.39 Å². The van der Waals surface area contributed by atoms with Gasteiger partial charge in [0.2, 0.25) is 11.8 Å². The lowest BCUT2D eigenvalue weighted by molar-refractivity contribution is -0.153. The van der Waals surface area contributed by atoms with E-state index in [1.54, 1.807) is 0 Å². The molecule has 2 amide bonds. The van der Waals surface area contributed by atoms with E-state index in [9.17, 15) is 35.6 Å². The predicted molar refractivity (Wildman–Crippen MR) is 136 cm³/mol. The average molecular weight is 577 g/mol. The van der Waals surface area contributed by atoms with E-state index in [0.29, 0.717) is 51.7 Å². The summed E-state index contributed by atoms with van der Waals surface area (Å²) in [4.78, 5) is 29.0. The molecule has 1 atom stereocenters. The van der Waals surface area contributed by atoms with Crippen molar-refractivity contribution in [3.63, 3.8) is 0 Å². The number of hydrogen-bond acceptors (Lipinski definition) is 6. The molecule has 0 radical (unpaired) electrons. The Morgan fingerprint density at radius 3 is 2.33 bits per heavy atom. The van der Waals surface area contributed by atoms with Crippen LogP contribution in [0.15, 0.2) is 12.1 Å². The molecular formula is C27H36F4N2O5S. The van der Waals surface area contributed by atoms with Crippen LogP contribution in [0.4, 0.5) is 17.6 Å². The highest BCUT2D eigenvalue weighted by molar-refractivity contribution is 7.88. The molecule has 1 aromatic carbocycles.